The van der Waals surface area contributed by atoms with Crippen molar-refractivity contribution in [1.29, 1.82) is 0 Å². The summed E-state index contributed by atoms with van der Waals surface area (Å²) in [6.07, 6.45) is 2.23. The number of esters is 1. The Hall–Kier alpha value is -1.84. The highest BCUT2D eigenvalue weighted by Gasteiger charge is 2.34. The van der Waals surface area contributed by atoms with E-state index < -0.39 is 5.54 Å². The topological polar surface area (TPSA) is 55.4 Å². The summed E-state index contributed by atoms with van der Waals surface area (Å²) in [6.45, 7) is 5.20. The van der Waals surface area contributed by atoms with Crippen LogP contribution in [0.1, 0.15) is 39.2 Å². The zero-order valence-corrected chi connectivity index (χ0v) is 12.4. The van der Waals surface area contributed by atoms with Crippen LogP contribution in [-0.2, 0) is 20.7 Å². The minimum Gasteiger partial charge on any atom is -0.464 e. The van der Waals surface area contributed by atoms with Gasteiger partial charge in [-0.1, -0.05) is 30.3 Å². The maximum absolute atomic E-state index is 12.0. The molecule has 1 aromatic carbocycles. The molecular formula is C16H23NO3. The van der Waals surface area contributed by atoms with Crippen molar-refractivity contribution in [2.24, 2.45) is 0 Å². The molecule has 0 aliphatic carbocycles. The fraction of sp³-hybridized carbons (Fsp3) is 0.500. The third kappa shape index (κ3) is 5.03. The number of carbonyl (C=O) groups excluding carboxylic acids is 2. The maximum Gasteiger partial charge on any atom is 0.331 e. The number of benzene rings is 1. The van der Waals surface area contributed by atoms with Crippen LogP contribution in [-0.4, -0.2) is 24.0 Å². The Balaban J connectivity index is 2.60. The molecule has 0 fully saturated rings. The predicted molar refractivity (Wildman–Crippen MR) is 78.2 cm³/mol. The minimum atomic E-state index is -0.948. The Bertz CT molecular complexity index is 444. The van der Waals surface area contributed by atoms with Gasteiger partial charge in [0.1, 0.15) is 5.54 Å². The molecule has 1 N–H and O–H groups in total. The van der Waals surface area contributed by atoms with E-state index in [4.69, 9.17) is 4.74 Å². The number of hydrogen-bond donors (Lipinski definition) is 1. The van der Waals surface area contributed by atoms with Gasteiger partial charge in [0.2, 0.25) is 5.91 Å². The molecule has 110 valence electrons. The summed E-state index contributed by atoms with van der Waals surface area (Å²) in [7, 11) is 0. The second kappa shape index (κ2) is 7.68. The summed E-state index contributed by atoms with van der Waals surface area (Å²) in [6, 6.07) is 10.1. The van der Waals surface area contributed by atoms with Gasteiger partial charge in [-0.3, -0.25) is 4.79 Å². The highest BCUT2D eigenvalue weighted by atomic mass is 16.5. The lowest BCUT2D eigenvalue weighted by Crippen LogP contribution is -2.52. The third-order valence-electron chi connectivity index (χ3n) is 3.16. The highest BCUT2D eigenvalue weighted by molar-refractivity contribution is 5.86. The van der Waals surface area contributed by atoms with Gasteiger partial charge in [-0.05, 0) is 38.7 Å². The van der Waals surface area contributed by atoms with E-state index in [1.54, 1.807) is 13.8 Å². The van der Waals surface area contributed by atoms with Crippen LogP contribution in [0.15, 0.2) is 30.3 Å². The van der Waals surface area contributed by atoms with E-state index in [0.717, 1.165) is 12.8 Å². The maximum atomic E-state index is 12.0. The largest absolute Gasteiger partial charge is 0.464 e. The second-order valence-corrected chi connectivity index (χ2v) is 5.07. The lowest BCUT2D eigenvalue weighted by atomic mass is 9.93. The first-order chi connectivity index (χ1) is 9.48. The fourth-order valence-corrected chi connectivity index (χ4v) is 2.19. The standard InChI is InChI=1S/C16H23NO3/c1-4-20-15(19)16(3,17-13(2)18)12-8-11-14-9-6-5-7-10-14/h5-7,9-10H,4,8,11-12H2,1-3H3,(H,17,18). The average Bonchev–Trinajstić information content (AvgIpc) is 2.39. The molecule has 20 heavy (non-hydrogen) atoms. The average molecular weight is 277 g/mol. The van der Waals surface area contributed by atoms with Gasteiger partial charge in [-0.25, -0.2) is 4.79 Å². The molecule has 1 unspecified atom stereocenters. The van der Waals surface area contributed by atoms with Crippen molar-refractivity contribution in [3.05, 3.63) is 35.9 Å². The van der Waals surface area contributed by atoms with E-state index in [1.807, 2.05) is 18.2 Å². The van der Waals surface area contributed by atoms with E-state index in [1.165, 1.54) is 12.5 Å². The van der Waals surface area contributed by atoms with Crippen LogP contribution < -0.4 is 5.32 Å². The molecule has 0 aromatic heterocycles. The molecule has 4 heteroatoms. The molecule has 0 saturated carbocycles. The van der Waals surface area contributed by atoms with Gasteiger partial charge in [0.15, 0.2) is 0 Å². The SMILES string of the molecule is CCOC(=O)C(C)(CCCc1ccccc1)NC(C)=O. The second-order valence-electron chi connectivity index (χ2n) is 5.07. The van der Waals surface area contributed by atoms with Crippen molar-refractivity contribution in [3.63, 3.8) is 0 Å². The third-order valence-corrected chi connectivity index (χ3v) is 3.16. The summed E-state index contributed by atoms with van der Waals surface area (Å²) in [5.41, 5.74) is 0.276. The molecule has 0 saturated heterocycles. The Labute approximate surface area is 120 Å². The van der Waals surface area contributed by atoms with Gasteiger partial charge >= 0.3 is 5.97 Å². The smallest absolute Gasteiger partial charge is 0.331 e. The molecule has 1 amide bonds. The van der Waals surface area contributed by atoms with Crippen LogP contribution in [0.2, 0.25) is 0 Å². The molecule has 4 nitrogen and oxygen atoms in total. The monoisotopic (exact) mass is 277 g/mol. The predicted octanol–water partition coefficient (Wildman–Crippen LogP) is 2.47. The molecule has 1 atom stereocenters. The van der Waals surface area contributed by atoms with E-state index in [9.17, 15) is 9.59 Å². The summed E-state index contributed by atoms with van der Waals surface area (Å²) < 4.78 is 5.06. The van der Waals surface area contributed by atoms with E-state index in [-0.39, 0.29) is 11.9 Å². The van der Waals surface area contributed by atoms with Crippen LogP contribution in [0.4, 0.5) is 0 Å². The molecular weight excluding hydrogens is 254 g/mol. The summed E-state index contributed by atoms with van der Waals surface area (Å²) in [5, 5.41) is 2.71. The zero-order valence-electron chi connectivity index (χ0n) is 12.4. The van der Waals surface area contributed by atoms with E-state index in [0.29, 0.717) is 13.0 Å². The molecule has 0 radical (unpaired) electrons. The Morgan fingerprint density at radius 1 is 1.25 bits per heavy atom. The first kappa shape index (κ1) is 16.2. The molecule has 1 aromatic rings. The van der Waals surface area contributed by atoms with Crippen LogP contribution in [0.5, 0.6) is 0 Å². The lowest BCUT2D eigenvalue weighted by molar-refractivity contribution is -0.152. The molecule has 0 spiro atoms. The van der Waals surface area contributed by atoms with Crippen LogP contribution in [0.25, 0.3) is 0 Å². The number of nitrogens with one attached hydrogen (secondary N) is 1. The Kier molecular flexibility index (Phi) is 6.22. The van der Waals surface area contributed by atoms with Gasteiger partial charge in [-0.15, -0.1) is 0 Å². The van der Waals surface area contributed by atoms with Crippen molar-refractivity contribution < 1.29 is 14.3 Å². The molecule has 0 aliphatic heterocycles. The van der Waals surface area contributed by atoms with Crippen molar-refractivity contribution >= 4 is 11.9 Å². The summed E-state index contributed by atoms with van der Waals surface area (Å²) in [4.78, 5) is 23.3. The van der Waals surface area contributed by atoms with Gasteiger partial charge in [0, 0.05) is 6.92 Å². The van der Waals surface area contributed by atoms with Crippen LogP contribution in [0.3, 0.4) is 0 Å². The number of amides is 1. The Morgan fingerprint density at radius 3 is 2.45 bits per heavy atom. The van der Waals surface area contributed by atoms with Crippen molar-refractivity contribution in [2.45, 2.75) is 45.6 Å². The molecule has 0 aliphatic rings. The van der Waals surface area contributed by atoms with Gasteiger partial charge in [0.25, 0.3) is 0 Å². The van der Waals surface area contributed by atoms with Crippen LogP contribution >= 0.6 is 0 Å². The first-order valence-electron chi connectivity index (χ1n) is 6.98. The van der Waals surface area contributed by atoms with Gasteiger partial charge in [-0.2, -0.15) is 0 Å². The number of aryl methyl sites for hydroxylation is 1. The normalized spacial score (nSPS) is 13.3. The molecule has 0 bridgehead atoms. The molecule has 0 heterocycles. The summed E-state index contributed by atoms with van der Waals surface area (Å²) >= 11 is 0. The summed E-state index contributed by atoms with van der Waals surface area (Å²) in [5.74, 6) is -0.594. The number of hydrogen-bond acceptors (Lipinski definition) is 3. The van der Waals surface area contributed by atoms with E-state index in [2.05, 4.69) is 17.4 Å². The number of rotatable bonds is 7. The fourth-order valence-electron chi connectivity index (χ4n) is 2.19. The Morgan fingerprint density at radius 2 is 1.90 bits per heavy atom. The molecule has 1 rings (SSSR count). The minimum absolute atomic E-state index is 0.222. The first-order valence-corrected chi connectivity index (χ1v) is 6.98. The van der Waals surface area contributed by atoms with Crippen molar-refractivity contribution in [1.82, 2.24) is 5.32 Å². The van der Waals surface area contributed by atoms with Crippen molar-refractivity contribution in [3.8, 4) is 0 Å². The van der Waals surface area contributed by atoms with Crippen LogP contribution in [0, 0.1) is 0 Å². The van der Waals surface area contributed by atoms with Gasteiger partial charge < -0.3 is 10.1 Å². The highest BCUT2D eigenvalue weighted by Crippen LogP contribution is 2.17. The number of ether oxygens (including phenoxy) is 1. The number of carbonyl (C=O) groups is 2. The zero-order chi connectivity index (χ0) is 15.0. The van der Waals surface area contributed by atoms with Gasteiger partial charge in [0.05, 0.1) is 6.61 Å². The van der Waals surface area contributed by atoms with E-state index >= 15 is 0 Å². The lowest BCUT2D eigenvalue weighted by Gasteiger charge is -2.28. The quantitative estimate of drug-likeness (QED) is 0.779. The van der Waals surface area contributed by atoms with Crippen molar-refractivity contribution in [2.75, 3.05) is 6.61 Å².